The Morgan fingerprint density at radius 3 is 2.35 bits per heavy atom. The maximum atomic E-state index is 5.90. The number of halogens is 1. The molecule has 0 aliphatic rings. The first-order chi connectivity index (χ1) is 9.63. The molecule has 1 unspecified atom stereocenters. The van der Waals surface area contributed by atoms with Gasteiger partial charge in [-0.05, 0) is 43.0 Å². The molecule has 0 spiro atoms. The van der Waals surface area contributed by atoms with Gasteiger partial charge < -0.3 is 5.32 Å². The van der Waals surface area contributed by atoms with Gasteiger partial charge in [-0.25, -0.2) is 4.98 Å². The Morgan fingerprint density at radius 1 is 1.10 bits per heavy atom. The molecule has 1 aromatic carbocycles. The van der Waals surface area contributed by atoms with Gasteiger partial charge in [0, 0.05) is 0 Å². The van der Waals surface area contributed by atoms with Gasteiger partial charge >= 0.3 is 0 Å². The third-order valence-electron chi connectivity index (χ3n) is 3.58. The van der Waals surface area contributed by atoms with E-state index in [1.54, 1.807) is 0 Å². The van der Waals surface area contributed by atoms with Crippen molar-refractivity contribution >= 4 is 17.3 Å². The van der Waals surface area contributed by atoms with Crippen molar-refractivity contribution in [3.05, 3.63) is 58.4 Å². The van der Waals surface area contributed by atoms with E-state index in [0.717, 1.165) is 24.2 Å². The molecule has 20 heavy (non-hydrogen) atoms. The number of hydrogen-bond donors (Lipinski definition) is 1. The molecule has 2 aromatic rings. The van der Waals surface area contributed by atoms with E-state index < -0.39 is 0 Å². The molecule has 1 aromatic heterocycles. The highest BCUT2D eigenvalue weighted by molar-refractivity contribution is 6.29. The van der Waals surface area contributed by atoms with Crippen LogP contribution in [-0.4, -0.2) is 4.98 Å². The summed E-state index contributed by atoms with van der Waals surface area (Å²) in [5.41, 5.74) is 4.65. The molecule has 0 bridgehead atoms. The second kappa shape index (κ2) is 6.76. The summed E-state index contributed by atoms with van der Waals surface area (Å²) in [5.74, 6) is 0. The normalized spacial score (nSPS) is 12.2. The molecule has 106 valence electrons. The summed E-state index contributed by atoms with van der Waals surface area (Å²) in [5, 5.41) is 4.09. The fourth-order valence-electron chi connectivity index (χ4n) is 2.28. The van der Waals surface area contributed by atoms with Crippen LogP contribution in [0.4, 0.5) is 5.69 Å². The Morgan fingerprint density at radius 2 is 1.80 bits per heavy atom. The van der Waals surface area contributed by atoms with Crippen molar-refractivity contribution in [2.24, 2.45) is 0 Å². The number of nitrogens with zero attached hydrogens (tertiary/aromatic N) is 1. The van der Waals surface area contributed by atoms with E-state index in [4.69, 9.17) is 11.6 Å². The van der Waals surface area contributed by atoms with Crippen molar-refractivity contribution in [1.82, 2.24) is 4.98 Å². The number of benzene rings is 1. The van der Waals surface area contributed by atoms with Crippen LogP contribution >= 0.6 is 11.6 Å². The van der Waals surface area contributed by atoms with Crippen LogP contribution in [0.15, 0.2) is 36.4 Å². The average Bonchev–Trinajstić information content (AvgIpc) is 2.47. The maximum Gasteiger partial charge on any atom is 0.129 e. The van der Waals surface area contributed by atoms with Crippen LogP contribution in [0.1, 0.15) is 43.1 Å². The Labute approximate surface area is 126 Å². The van der Waals surface area contributed by atoms with Gasteiger partial charge in [0.25, 0.3) is 0 Å². The molecule has 3 heteroatoms. The van der Waals surface area contributed by atoms with Crippen molar-refractivity contribution in [3.8, 4) is 0 Å². The smallest absolute Gasteiger partial charge is 0.129 e. The first kappa shape index (κ1) is 14.9. The van der Waals surface area contributed by atoms with Crippen LogP contribution in [-0.2, 0) is 6.42 Å². The topological polar surface area (TPSA) is 24.9 Å². The van der Waals surface area contributed by atoms with Crippen LogP contribution < -0.4 is 5.32 Å². The van der Waals surface area contributed by atoms with Crippen molar-refractivity contribution in [3.63, 3.8) is 0 Å². The van der Waals surface area contributed by atoms with Gasteiger partial charge in [-0.3, -0.25) is 0 Å². The molecule has 2 rings (SSSR count). The molecular weight excluding hydrogens is 268 g/mol. The molecule has 0 saturated heterocycles. The number of nitrogens with one attached hydrogen (secondary N) is 1. The van der Waals surface area contributed by atoms with Crippen LogP contribution in [0.2, 0.25) is 5.15 Å². The minimum Gasteiger partial charge on any atom is -0.377 e. The van der Waals surface area contributed by atoms with Crippen molar-refractivity contribution in [1.29, 1.82) is 0 Å². The molecule has 1 N–H and O–H groups in total. The average molecular weight is 289 g/mol. The lowest BCUT2D eigenvalue weighted by Crippen LogP contribution is -2.11. The fraction of sp³-hybridized carbons (Fsp3) is 0.353. The predicted molar refractivity (Wildman–Crippen MR) is 86.5 cm³/mol. The van der Waals surface area contributed by atoms with Gasteiger partial charge in [-0.15, -0.1) is 0 Å². The van der Waals surface area contributed by atoms with Crippen molar-refractivity contribution in [2.45, 2.75) is 39.7 Å². The summed E-state index contributed by atoms with van der Waals surface area (Å²) in [7, 11) is 0. The van der Waals surface area contributed by atoms with Crippen molar-refractivity contribution < 1.29 is 0 Å². The van der Waals surface area contributed by atoms with E-state index in [1.165, 1.54) is 11.1 Å². The van der Waals surface area contributed by atoms with Gasteiger partial charge in [0.1, 0.15) is 5.15 Å². The quantitative estimate of drug-likeness (QED) is 0.768. The third kappa shape index (κ3) is 3.51. The zero-order valence-corrected chi connectivity index (χ0v) is 13.0. The summed E-state index contributed by atoms with van der Waals surface area (Å²) in [4.78, 5) is 4.28. The monoisotopic (exact) mass is 288 g/mol. The first-order valence-electron chi connectivity index (χ1n) is 7.12. The zero-order chi connectivity index (χ0) is 14.5. The van der Waals surface area contributed by atoms with Crippen LogP contribution in [0.3, 0.4) is 0 Å². The summed E-state index contributed by atoms with van der Waals surface area (Å²) in [6.45, 7) is 6.33. The second-order valence-corrected chi connectivity index (χ2v) is 5.35. The summed E-state index contributed by atoms with van der Waals surface area (Å²) in [6, 6.07) is 12.9. The van der Waals surface area contributed by atoms with E-state index in [9.17, 15) is 0 Å². The number of anilines is 1. The van der Waals surface area contributed by atoms with Crippen LogP contribution in [0.5, 0.6) is 0 Å². The van der Waals surface area contributed by atoms with E-state index >= 15 is 0 Å². The summed E-state index contributed by atoms with van der Waals surface area (Å²) < 4.78 is 0. The van der Waals surface area contributed by atoms with Crippen LogP contribution in [0.25, 0.3) is 0 Å². The lowest BCUT2D eigenvalue weighted by Gasteiger charge is -2.20. The lowest BCUT2D eigenvalue weighted by molar-refractivity contribution is 0.746. The number of hydrogen-bond acceptors (Lipinski definition) is 2. The fourth-order valence-corrected chi connectivity index (χ4v) is 2.47. The third-order valence-corrected chi connectivity index (χ3v) is 3.79. The van der Waals surface area contributed by atoms with Gasteiger partial charge in [0.05, 0.1) is 17.4 Å². The second-order valence-electron chi connectivity index (χ2n) is 4.97. The number of pyridine rings is 1. The summed E-state index contributed by atoms with van der Waals surface area (Å²) in [6.07, 6.45) is 2.10. The minimum absolute atomic E-state index is 0.294. The highest BCUT2D eigenvalue weighted by atomic mass is 35.5. The number of aryl methyl sites for hydroxylation is 2. The van der Waals surface area contributed by atoms with E-state index in [-0.39, 0.29) is 0 Å². The Balaban J connectivity index is 2.19. The van der Waals surface area contributed by atoms with Gasteiger partial charge in [0.2, 0.25) is 0 Å². The van der Waals surface area contributed by atoms with E-state index in [0.29, 0.717) is 11.2 Å². The standard InChI is InChI=1S/C17H21ClN2/c1-4-13-6-8-14(9-7-13)15(5-2)20-16-10-11-17(18)19-12(16)3/h6-11,15,20H,4-5H2,1-3H3. The minimum atomic E-state index is 0.294. The number of rotatable bonds is 5. The molecule has 1 heterocycles. The lowest BCUT2D eigenvalue weighted by atomic mass is 10.0. The Kier molecular flexibility index (Phi) is 5.02. The SMILES string of the molecule is CCc1ccc(C(CC)Nc2ccc(Cl)nc2C)cc1. The first-order valence-corrected chi connectivity index (χ1v) is 7.50. The number of aromatic nitrogens is 1. The van der Waals surface area contributed by atoms with Gasteiger partial charge in [-0.2, -0.15) is 0 Å². The molecular formula is C17H21ClN2. The summed E-state index contributed by atoms with van der Waals surface area (Å²) >= 11 is 5.90. The molecule has 0 amide bonds. The molecule has 0 saturated carbocycles. The molecule has 0 fully saturated rings. The van der Waals surface area contributed by atoms with Crippen molar-refractivity contribution in [2.75, 3.05) is 5.32 Å². The molecule has 0 radical (unpaired) electrons. The van der Waals surface area contributed by atoms with Crippen LogP contribution in [0, 0.1) is 6.92 Å². The Hall–Kier alpha value is -1.54. The van der Waals surface area contributed by atoms with Gasteiger partial charge in [-0.1, -0.05) is 49.7 Å². The van der Waals surface area contributed by atoms with Gasteiger partial charge in [0.15, 0.2) is 0 Å². The highest BCUT2D eigenvalue weighted by Gasteiger charge is 2.11. The highest BCUT2D eigenvalue weighted by Crippen LogP contribution is 2.25. The van der Waals surface area contributed by atoms with E-state index in [2.05, 4.69) is 48.4 Å². The largest absolute Gasteiger partial charge is 0.377 e. The molecule has 0 aliphatic heterocycles. The molecule has 1 atom stereocenters. The zero-order valence-electron chi connectivity index (χ0n) is 12.3. The Bertz CT molecular complexity index is 564. The maximum absolute atomic E-state index is 5.90. The predicted octanol–water partition coefficient (Wildman–Crippen LogP) is 5.17. The van der Waals surface area contributed by atoms with E-state index in [1.807, 2.05) is 19.1 Å². The molecule has 0 aliphatic carbocycles. The molecule has 2 nitrogen and oxygen atoms in total.